The fraction of sp³-hybridized carbons (Fsp3) is 0.583. The summed E-state index contributed by atoms with van der Waals surface area (Å²) in [7, 11) is -19.1. The zero-order valence-corrected chi connectivity index (χ0v) is 33.3. The molecule has 5 unspecified atom stereocenters. The predicted octanol–water partition coefficient (Wildman–Crippen LogP) is -4.24. The Morgan fingerprint density at radius 1 is 1.02 bits per heavy atom. The van der Waals surface area contributed by atoms with E-state index in [0.717, 1.165) is 21.5 Å². The Morgan fingerprint density at radius 2 is 1.66 bits per heavy atom. The summed E-state index contributed by atoms with van der Waals surface area (Å²) in [5.74, 6) is -0.599. The van der Waals surface area contributed by atoms with Gasteiger partial charge in [-0.05, 0) is 0 Å². The van der Waals surface area contributed by atoms with Gasteiger partial charge in [0.25, 0.3) is 17.1 Å². The zero-order chi connectivity index (χ0) is 42.5. The van der Waals surface area contributed by atoms with Gasteiger partial charge in [-0.25, -0.2) is 31.7 Å². The fourth-order valence-corrected chi connectivity index (χ4v) is 11.7. The molecule has 0 amide bonds. The summed E-state index contributed by atoms with van der Waals surface area (Å²) in [6, 6.07) is -1.22. The molecule has 0 aliphatic carbocycles. The third-order valence-corrected chi connectivity index (χ3v) is 14.8. The number of fused-ring (bicyclic) bond motifs is 4. The Morgan fingerprint density at radius 3 is 2.31 bits per heavy atom. The molecule has 34 heteroatoms. The van der Waals surface area contributed by atoms with Crippen molar-refractivity contribution in [2.45, 2.75) is 48.5 Å². The molecular formula is C24H35N11O19P3S+. The molecule has 3 fully saturated rings. The van der Waals surface area contributed by atoms with Gasteiger partial charge in [-0.15, -0.1) is 0 Å². The second-order valence-corrected chi connectivity index (χ2v) is 19.8. The molecule has 11 atom stereocenters. The third-order valence-electron chi connectivity index (χ3n) is 9.32. The van der Waals surface area contributed by atoms with Crippen LogP contribution in [0.25, 0.3) is 22.3 Å². The molecule has 0 radical (unpaired) electrons. The van der Waals surface area contributed by atoms with Crippen molar-refractivity contribution in [2.75, 3.05) is 44.6 Å². The van der Waals surface area contributed by atoms with Crippen LogP contribution in [0.5, 0.6) is 0 Å². The van der Waals surface area contributed by atoms with E-state index in [-0.39, 0.29) is 34.2 Å². The van der Waals surface area contributed by atoms with Crippen LogP contribution in [0.4, 0.5) is 11.9 Å². The highest BCUT2D eigenvalue weighted by atomic mass is 32.2. The SMILES string of the molecule is CO[C@@H]1C2[C@H]([n+]3cn(C)c4c(=O)[nH]c(N)nc43)O[C@@]1(COP(=O)(O)OP(=O)(O)OP(=O)(O)OC[C@H]1O[C@@H](n3cnc4c(=O)[nH]c(N)nc43)[C@@H](O)C1O)CN2S(C)(=O)=O. The highest BCUT2D eigenvalue weighted by Crippen LogP contribution is 2.68. The Labute approximate surface area is 322 Å². The molecule has 0 spiro atoms. The summed E-state index contributed by atoms with van der Waals surface area (Å²) in [5, 5.41) is 21.1. The number of nitrogens with two attached hydrogens (primary N) is 2. The number of aryl methyl sites for hydroxylation is 1. The number of aromatic nitrogens is 8. The lowest BCUT2D eigenvalue weighted by Gasteiger charge is -2.34. The first-order valence-electron chi connectivity index (χ1n) is 16.2. The number of morpholine rings is 1. The third kappa shape index (κ3) is 7.67. The van der Waals surface area contributed by atoms with Gasteiger partial charge in [0, 0.05) is 13.7 Å². The Kier molecular flexibility index (Phi) is 10.7. The van der Waals surface area contributed by atoms with E-state index in [0.29, 0.717) is 0 Å². The van der Waals surface area contributed by atoms with Crippen LogP contribution in [0, 0.1) is 0 Å². The largest absolute Gasteiger partial charge is 0.490 e. The minimum Gasteiger partial charge on any atom is -0.387 e. The highest BCUT2D eigenvalue weighted by molar-refractivity contribution is 7.88. The lowest BCUT2D eigenvalue weighted by atomic mass is 10.0. The number of phosphoric acid groups is 3. The molecule has 320 valence electrons. The number of anilines is 2. The lowest BCUT2D eigenvalue weighted by molar-refractivity contribution is -0.747. The molecule has 0 saturated carbocycles. The Balaban J connectivity index is 1.03. The number of nitrogen functional groups attached to an aromatic ring is 2. The molecule has 11 N–H and O–H groups in total. The number of hydrogen-bond acceptors (Lipinski definition) is 21. The summed E-state index contributed by atoms with van der Waals surface area (Å²) in [6.07, 6.45) is -6.12. The van der Waals surface area contributed by atoms with E-state index in [1.165, 1.54) is 29.6 Å². The van der Waals surface area contributed by atoms with Gasteiger partial charge in [0.15, 0.2) is 23.7 Å². The Bertz CT molecular complexity index is 2670. The van der Waals surface area contributed by atoms with Crippen molar-refractivity contribution in [1.29, 1.82) is 0 Å². The van der Waals surface area contributed by atoms with Gasteiger partial charge in [0.1, 0.15) is 36.1 Å². The average molecular weight is 907 g/mol. The number of rotatable bonds is 14. The topological polar surface area (TPSA) is 425 Å². The maximum atomic E-state index is 13.0. The first-order valence-corrected chi connectivity index (χ1v) is 22.6. The standard InChI is InChI=1S/C24H34N11O19P3S/c1-32-8-34(17-12(32)19(39)31-23(26)29-17)20-11-15(48-2)24(52-20,5-35(11)58(3,46)47)6-50-56(42,43)54-57(44,45)53-55(40,41)49-4-9-13(36)14(37)21(51-9)33-7-27-10-16(33)28-22(25)30-18(10)38/h7-9,11,13-15,20-21,36-37H,4-6H2,1-3H3,(H8-,25,26,28,29,30,31,38,39,40,41,42,43,44,45)/p+1/t9-,11?,13?,14+,15-,20-,21-,24-/m1/s1. The van der Waals surface area contributed by atoms with E-state index in [1.807, 2.05) is 0 Å². The molecule has 3 aliphatic rings. The fourth-order valence-electron chi connectivity index (χ4n) is 7.07. The molecular weight excluding hydrogens is 871 g/mol. The molecule has 4 aromatic rings. The number of ether oxygens (including phenoxy) is 3. The molecule has 0 aromatic carbocycles. The molecule has 3 saturated heterocycles. The summed E-state index contributed by atoms with van der Waals surface area (Å²) in [5.41, 5.74) is 7.61. The number of methoxy groups -OCH3 is 1. The van der Waals surface area contributed by atoms with Crippen LogP contribution in [0.15, 0.2) is 22.2 Å². The highest BCUT2D eigenvalue weighted by Gasteiger charge is 2.69. The normalized spacial score (nSPS) is 30.9. The molecule has 30 nitrogen and oxygen atoms in total. The second kappa shape index (κ2) is 14.6. The van der Waals surface area contributed by atoms with Crippen molar-refractivity contribution < 1.29 is 83.5 Å². The molecule has 58 heavy (non-hydrogen) atoms. The van der Waals surface area contributed by atoms with Crippen molar-refractivity contribution in [1.82, 2.24) is 38.4 Å². The maximum absolute atomic E-state index is 13.0. The first-order chi connectivity index (χ1) is 26.9. The van der Waals surface area contributed by atoms with Gasteiger partial charge in [0.2, 0.25) is 27.7 Å². The predicted molar refractivity (Wildman–Crippen MR) is 187 cm³/mol. The number of nitrogens with one attached hydrogen (secondary N) is 2. The maximum Gasteiger partial charge on any atom is 0.490 e. The minimum atomic E-state index is -6.08. The number of sulfonamides is 1. The van der Waals surface area contributed by atoms with Crippen LogP contribution in [-0.4, -0.2) is 141 Å². The van der Waals surface area contributed by atoms with Crippen LogP contribution in [0.1, 0.15) is 12.5 Å². The van der Waals surface area contributed by atoms with Gasteiger partial charge >= 0.3 is 29.1 Å². The van der Waals surface area contributed by atoms with Crippen molar-refractivity contribution in [3.63, 3.8) is 0 Å². The number of nitrogens with zero attached hydrogens (tertiary/aromatic N) is 7. The number of H-pyrrole nitrogens is 2. The minimum absolute atomic E-state index is 0.0159. The van der Waals surface area contributed by atoms with Gasteiger partial charge in [-0.1, -0.05) is 4.98 Å². The van der Waals surface area contributed by atoms with E-state index in [1.54, 1.807) is 0 Å². The molecule has 4 aromatic heterocycles. The van der Waals surface area contributed by atoms with Crippen molar-refractivity contribution >= 4 is 67.7 Å². The van der Waals surface area contributed by atoms with Crippen molar-refractivity contribution in [2.24, 2.45) is 7.05 Å². The lowest BCUT2D eigenvalue weighted by Crippen LogP contribution is -2.56. The zero-order valence-electron chi connectivity index (χ0n) is 29.8. The van der Waals surface area contributed by atoms with Crippen LogP contribution < -0.4 is 27.2 Å². The van der Waals surface area contributed by atoms with E-state index < -0.39 is 113 Å². The molecule has 3 aliphatic heterocycles. The van der Waals surface area contributed by atoms with E-state index in [2.05, 4.69) is 38.1 Å². The van der Waals surface area contributed by atoms with Crippen molar-refractivity contribution in [3.05, 3.63) is 33.4 Å². The molecule has 7 rings (SSSR count). The number of aliphatic hydroxyl groups is 2. The molecule has 2 bridgehead atoms. The first kappa shape index (κ1) is 42.5. The van der Waals surface area contributed by atoms with Crippen molar-refractivity contribution in [3.8, 4) is 0 Å². The van der Waals surface area contributed by atoms with Gasteiger partial charge in [-0.2, -0.15) is 17.9 Å². The average Bonchev–Trinajstić information content (AvgIpc) is 3.88. The quantitative estimate of drug-likeness (QED) is 0.0427. The summed E-state index contributed by atoms with van der Waals surface area (Å²) in [6.45, 7) is -2.73. The number of phosphoric ester groups is 2. The van der Waals surface area contributed by atoms with E-state index >= 15 is 0 Å². The van der Waals surface area contributed by atoms with E-state index in [4.69, 9.17) is 30.2 Å². The number of aliphatic hydroxyl groups excluding tert-OH is 2. The van der Waals surface area contributed by atoms with Gasteiger partial charge in [-0.3, -0.25) is 37.7 Å². The Hall–Kier alpha value is -3.58. The summed E-state index contributed by atoms with van der Waals surface area (Å²) in [4.78, 5) is 72.1. The van der Waals surface area contributed by atoms with Crippen LogP contribution in [0.3, 0.4) is 0 Å². The van der Waals surface area contributed by atoms with Gasteiger partial charge < -0.3 is 50.6 Å². The van der Waals surface area contributed by atoms with Crippen LogP contribution >= 0.6 is 23.5 Å². The van der Waals surface area contributed by atoms with Gasteiger partial charge in [0.05, 0.1) is 32.8 Å². The number of hydrogen-bond donors (Lipinski definition) is 9. The summed E-state index contributed by atoms with van der Waals surface area (Å²) < 4.78 is 104. The monoisotopic (exact) mass is 906 g/mol. The van der Waals surface area contributed by atoms with Crippen LogP contribution in [0.2, 0.25) is 0 Å². The second-order valence-electron chi connectivity index (χ2n) is 13.2. The number of imidazole rings is 2. The summed E-state index contributed by atoms with van der Waals surface area (Å²) >= 11 is 0. The van der Waals surface area contributed by atoms with Crippen LogP contribution in [-0.2, 0) is 62.6 Å². The smallest absolute Gasteiger partial charge is 0.387 e. The number of aromatic amines is 2. The molecule has 7 heterocycles. The van der Waals surface area contributed by atoms with E-state index in [9.17, 15) is 56.6 Å².